The summed E-state index contributed by atoms with van der Waals surface area (Å²) in [6.07, 6.45) is -4.27. The maximum absolute atomic E-state index is 13.4. The molecule has 0 radical (unpaired) electrons. The SMILES string of the molecule is Cc1cc(NC(=O)c2ccc(-c3ccc(C(F)(F)F)cc3)cc2OCCCN2CCC(F)(F)CC2)ccc1O. The molecule has 2 N–H and O–H groups in total. The van der Waals surface area contributed by atoms with Crippen molar-refractivity contribution >= 4 is 11.6 Å². The van der Waals surface area contributed by atoms with Gasteiger partial charge in [-0.1, -0.05) is 18.2 Å². The zero-order valence-corrected chi connectivity index (χ0v) is 21.3. The minimum Gasteiger partial charge on any atom is -0.508 e. The molecular weight excluding hydrogens is 519 g/mol. The molecule has 0 spiro atoms. The number of anilines is 1. The van der Waals surface area contributed by atoms with E-state index in [1.165, 1.54) is 24.3 Å². The number of rotatable bonds is 8. The molecule has 0 unspecified atom stereocenters. The van der Waals surface area contributed by atoms with E-state index in [0.717, 1.165) is 12.1 Å². The Kier molecular flexibility index (Phi) is 8.44. The fourth-order valence-corrected chi connectivity index (χ4v) is 4.37. The lowest BCUT2D eigenvalue weighted by molar-refractivity contribution is -0.137. The highest BCUT2D eigenvalue weighted by atomic mass is 19.4. The summed E-state index contributed by atoms with van der Waals surface area (Å²) in [5.41, 5.74) is 1.58. The second-order valence-corrected chi connectivity index (χ2v) is 9.64. The zero-order chi connectivity index (χ0) is 28.2. The number of carbonyl (C=O) groups excluding carboxylic acids is 1. The zero-order valence-electron chi connectivity index (χ0n) is 21.3. The van der Waals surface area contributed by atoms with Gasteiger partial charge in [0.15, 0.2) is 0 Å². The summed E-state index contributed by atoms with van der Waals surface area (Å²) >= 11 is 0. The number of benzene rings is 3. The van der Waals surface area contributed by atoms with Crippen LogP contribution >= 0.6 is 0 Å². The van der Waals surface area contributed by atoms with Crippen molar-refractivity contribution in [2.45, 2.75) is 38.3 Å². The molecule has 3 aromatic rings. The molecule has 1 heterocycles. The fraction of sp³-hybridized carbons (Fsp3) is 0.345. The third-order valence-electron chi connectivity index (χ3n) is 6.69. The van der Waals surface area contributed by atoms with E-state index in [1.807, 2.05) is 4.90 Å². The number of phenolic OH excluding ortho intramolecular Hbond substituents is 1. The molecule has 208 valence electrons. The van der Waals surface area contributed by atoms with Crippen molar-refractivity contribution in [3.63, 3.8) is 0 Å². The standard InChI is InChI=1S/C29H29F5N2O3/c1-19-17-23(8-10-25(19)37)35-27(38)24-9-5-21(20-3-6-22(7-4-20)29(32,33)34)18-26(24)39-16-2-13-36-14-11-28(30,31)12-15-36/h3-10,17-18,37H,2,11-16H2,1H3,(H,35,38). The number of likely N-dealkylation sites (tertiary alicyclic amines) is 1. The quantitative estimate of drug-likeness (QED) is 0.179. The molecule has 1 aliphatic heterocycles. The van der Waals surface area contributed by atoms with Gasteiger partial charge in [0.25, 0.3) is 11.8 Å². The number of aryl methyl sites for hydroxylation is 1. The van der Waals surface area contributed by atoms with Crippen LogP contribution in [0, 0.1) is 6.92 Å². The highest BCUT2D eigenvalue weighted by molar-refractivity contribution is 6.06. The number of amides is 1. The van der Waals surface area contributed by atoms with E-state index in [2.05, 4.69) is 5.32 Å². The number of carbonyl (C=O) groups is 1. The molecule has 0 saturated carbocycles. The summed E-state index contributed by atoms with van der Waals surface area (Å²) in [6.45, 7) is 3.07. The van der Waals surface area contributed by atoms with Crippen molar-refractivity contribution in [3.05, 3.63) is 77.4 Å². The lowest BCUT2D eigenvalue weighted by Crippen LogP contribution is -2.40. The molecule has 1 amide bonds. The first-order valence-corrected chi connectivity index (χ1v) is 12.6. The van der Waals surface area contributed by atoms with Crippen LogP contribution in [-0.2, 0) is 6.18 Å². The topological polar surface area (TPSA) is 61.8 Å². The maximum Gasteiger partial charge on any atom is 0.416 e. The van der Waals surface area contributed by atoms with Crippen LogP contribution in [0.3, 0.4) is 0 Å². The molecule has 0 aromatic heterocycles. The third-order valence-corrected chi connectivity index (χ3v) is 6.69. The normalized spacial score (nSPS) is 15.6. The smallest absolute Gasteiger partial charge is 0.416 e. The predicted molar refractivity (Wildman–Crippen MR) is 138 cm³/mol. The van der Waals surface area contributed by atoms with Crippen LogP contribution in [0.2, 0.25) is 0 Å². The first kappa shape index (κ1) is 28.4. The molecule has 39 heavy (non-hydrogen) atoms. The number of aromatic hydroxyl groups is 1. The van der Waals surface area contributed by atoms with Crippen LogP contribution in [0.5, 0.6) is 11.5 Å². The van der Waals surface area contributed by atoms with Gasteiger partial charge in [0.1, 0.15) is 11.5 Å². The highest BCUT2D eigenvalue weighted by Gasteiger charge is 2.33. The van der Waals surface area contributed by atoms with E-state index >= 15 is 0 Å². The summed E-state index contributed by atoms with van der Waals surface area (Å²) in [4.78, 5) is 15.1. The van der Waals surface area contributed by atoms with Gasteiger partial charge in [-0.05, 0) is 72.5 Å². The van der Waals surface area contributed by atoms with E-state index in [9.17, 15) is 31.9 Å². The van der Waals surface area contributed by atoms with Gasteiger partial charge in [0.2, 0.25) is 0 Å². The Morgan fingerprint density at radius 1 is 1.00 bits per heavy atom. The minimum absolute atomic E-state index is 0.0929. The van der Waals surface area contributed by atoms with E-state index in [1.54, 1.807) is 31.2 Å². The highest BCUT2D eigenvalue weighted by Crippen LogP contribution is 2.33. The molecule has 5 nitrogen and oxygen atoms in total. The largest absolute Gasteiger partial charge is 0.508 e. The molecule has 1 aliphatic rings. The van der Waals surface area contributed by atoms with Crippen LogP contribution in [0.25, 0.3) is 11.1 Å². The Hall–Kier alpha value is -3.66. The average Bonchev–Trinajstić information content (AvgIpc) is 2.89. The second-order valence-electron chi connectivity index (χ2n) is 9.64. The lowest BCUT2D eigenvalue weighted by Gasteiger charge is -2.31. The first-order chi connectivity index (χ1) is 18.4. The van der Waals surface area contributed by atoms with E-state index in [-0.39, 0.29) is 36.5 Å². The number of phenols is 1. The monoisotopic (exact) mass is 548 g/mol. The molecule has 0 aliphatic carbocycles. The van der Waals surface area contributed by atoms with Gasteiger partial charge in [-0.25, -0.2) is 8.78 Å². The van der Waals surface area contributed by atoms with Crippen molar-refractivity contribution in [1.29, 1.82) is 0 Å². The molecule has 1 fully saturated rings. The number of nitrogens with zero attached hydrogens (tertiary/aromatic N) is 1. The minimum atomic E-state index is -4.45. The molecular formula is C29H29F5N2O3. The maximum atomic E-state index is 13.4. The van der Waals surface area contributed by atoms with Gasteiger partial charge >= 0.3 is 6.18 Å². The Morgan fingerprint density at radius 3 is 2.31 bits per heavy atom. The van der Waals surface area contributed by atoms with Gasteiger partial charge < -0.3 is 20.1 Å². The van der Waals surface area contributed by atoms with Crippen molar-refractivity contribution in [2.75, 3.05) is 31.6 Å². The average molecular weight is 549 g/mol. The van der Waals surface area contributed by atoms with Gasteiger partial charge in [-0.3, -0.25) is 4.79 Å². The van der Waals surface area contributed by atoms with Crippen LogP contribution in [0.15, 0.2) is 60.7 Å². The van der Waals surface area contributed by atoms with Crippen molar-refractivity contribution in [3.8, 4) is 22.6 Å². The Bertz CT molecular complexity index is 1300. The van der Waals surface area contributed by atoms with Gasteiger partial charge in [0.05, 0.1) is 17.7 Å². The third kappa shape index (κ3) is 7.47. The van der Waals surface area contributed by atoms with Crippen molar-refractivity contribution in [1.82, 2.24) is 4.90 Å². The Labute approximate surface area is 223 Å². The summed E-state index contributed by atoms with van der Waals surface area (Å²) in [5.74, 6) is -2.75. The lowest BCUT2D eigenvalue weighted by atomic mass is 10.0. The second kappa shape index (κ2) is 11.6. The van der Waals surface area contributed by atoms with E-state index in [0.29, 0.717) is 48.4 Å². The van der Waals surface area contributed by atoms with Gasteiger partial charge in [0, 0.05) is 38.2 Å². The van der Waals surface area contributed by atoms with Crippen LogP contribution in [-0.4, -0.2) is 48.1 Å². The summed E-state index contributed by atoms with van der Waals surface area (Å²) in [7, 11) is 0. The summed E-state index contributed by atoms with van der Waals surface area (Å²) < 4.78 is 71.7. The summed E-state index contributed by atoms with van der Waals surface area (Å²) in [5, 5.41) is 12.5. The van der Waals surface area contributed by atoms with Crippen LogP contribution < -0.4 is 10.1 Å². The predicted octanol–water partition coefficient (Wildman–Crippen LogP) is 7.14. The molecule has 0 atom stereocenters. The molecule has 10 heteroatoms. The number of halogens is 5. The number of ether oxygens (including phenoxy) is 1. The van der Waals surface area contributed by atoms with Gasteiger partial charge in [-0.2, -0.15) is 13.2 Å². The van der Waals surface area contributed by atoms with Crippen LogP contribution in [0.1, 0.15) is 40.7 Å². The molecule has 4 rings (SSSR count). The number of hydrogen-bond acceptors (Lipinski definition) is 4. The van der Waals surface area contributed by atoms with E-state index in [4.69, 9.17) is 4.74 Å². The van der Waals surface area contributed by atoms with Crippen molar-refractivity contribution in [2.24, 2.45) is 0 Å². The number of piperidine rings is 1. The molecule has 1 saturated heterocycles. The Morgan fingerprint density at radius 2 is 1.67 bits per heavy atom. The number of nitrogens with one attached hydrogen (secondary N) is 1. The fourth-order valence-electron chi connectivity index (χ4n) is 4.37. The Balaban J connectivity index is 1.51. The summed E-state index contributed by atoms with van der Waals surface area (Å²) in [6, 6.07) is 14.1. The van der Waals surface area contributed by atoms with Gasteiger partial charge in [-0.15, -0.1) is 0 Å². The van der Waals surface area contributed by atoms with E-state index < -0.39 is 23.6 Å². The van der Waals surface area contributed by atoms with Crippen molar-refractivity contribution < 1.29 is 36.6 Å². The first-order valence-electron chi connectivity index (χ1n) is 12.6. The number of hydrogen-bond donors (Lipinski definition) is 2. The number of alkyl halides is 5. The van der Waals surface area contributed by atoms with Crippen LogP contribution in [0.4, 0.5) is 27.6 Å². The molecule has 0 bridgehead atoms. The molecule has 3 aromatic carbocycles.